The molecule has 0 saturated carbocycles. The highest BCUT2D eigenvalue weighted by Crippen LogP contribution is 2.21. The minimum atomic E-state index is 0.150. The van der Waals surface area contributed by atoms with Crippen molar-refractivity contribution in [3.8, 4) is 0 Å². The summed E-state index contributed by atoms with van der Waals surface area (Å²) < 4.78 is 0.997. The molecule has 104 valence electrons. The summed E-state index contributed by atoms with van der Waals surface area (Å²) in [7, 11) is 0. The fourth-order valence-corrected chi connectivity index (χ4v) is 3.17. The molecule has 5 heteroatoms. The van der Waals surface area contributed by atoms with Crippen molar-refractivity contribution in [3.05, 3.63) is 33.8 Å². The summed E-state index contributed by atoms with van der Waals surface area (Å²) in [6, 6.07) is 5.80. The van der Waals surface area contributed by atoms with Gasteiger partial charge in [0.1, 0.15) is 0 Å². The monoisotopic (exact) mass is 388 g/mol. The van der Waals surface area contributed by atoms with Crippen LogP contribution in [-0.2, 0) is 0 Å². The van der Waals surface area contributed by atoms with Crippen molar-refractivity contribution in [1.82, 2.24) is 9.80 Å². The second kappa shape index (κ2) is 6.86. The maximum absolute atomic E-state index is 12.5. The predicted octanol–water partition coefficient (Wildman–Crippen LogP) is 2.91. The predicted molar refractivity (Wildman–Crippen MR) is 85.0 cm³/mol. The van der Waals surface area contributed by atoms with Crippen LogP contribution in [0.1, 0.15) is 15.9 Å². The molecule has 1 aliphatic heterocycles. The molecule has 0 aromatic heterocycles. The molecule has 1 heterocycles. The lowest BCUT2D eigenvalue weighted by molar-refractivity contribution is 0.0644. The van der Waals surface area contributed by atoms with Gasteiger partial charge in [-0.15, -0.1) is 0 Å². The zero-order valence-electron chi connectivity index (χ0n) is 11.0. The number of benzene rings is 1. The lowest BCUT2D eigenvalue weighted by Gasteiger charge is -2.34. The smallest absolute Gasteiger partial charge is 0.254 e. The number of hydrogen-bond acceptors (Lipinski definition) is 2. The molecule has 1 saturated heterocycles. The third-order valence-electron chi connectivity index (χ3n) is 3.56. The Morgan fingerprint density at radius 3 is 2.58 bits per heavy atom. The number of hydrogen-bond donors (Lipinski definition) is 0. The fraction of sp³-hybridized carbons (Fsp3) is 0.500. The quantitative estimate of drug-likeness (QED) is 0.742. The van der Waals surface area contributed by atoms with Crippen LogP contribution in [0.15, 0.2) is 22.7 Å². The number of nitrogens with zero attached hydrogens (tertiary/aromatic N) is 2. The maximum Gasteiger partial charge on any atom is 0.254 e. The molecule has 1 amide bonds. The van der Waals surface area contributed by atoms with Gasteiger partial charge in [-0.05, 0) is 24.6 Å². The summed E-state index contributed by atoms with van der Waals surface area (Å²) in [5.41, 5.74) is 1.83. The molecule has 0 unspecified atom stereocenters. The van der Waals surface area contributed by atoms with Crippen molar-refractivity contribution in [2.75, 3.05) is 38.1 Å². The standard InChI is InChI=1S/C14H18Br2N2O/c1-11-12(3-2-4-13(11)16)14(19)18-9-7-17(6-5-15)8-10-18/h2-4H,5-10H2,1H3. The molecule has 3 nitrogen and oxygen atoms in total. The summed E-state index contributed by atoms with van der Waals surface area (Å²) in [5, 5.41) is 0.992. The number of amides is 1. The average Bonchev–Trinajstić information content (AvgIpc) is 2.42. The number of halogens is 2. The summed E-state index contributed by atoms with van der Waals surface area (Å²) in [4.78, 5) is 16.9. The van der Waals surface area contributed by atoms with Gasteiger partial charge in [0.25, 0.3) is 5.91 Å². The minimum Gasteiger partial charge on any atom is -0.336 e. The van der Waals surface area contributed by atoms with Crippen LogP contribution < -0.4 is 0 Å². The number of alkyl halides is 1. The third-order valence-corrected chi connectivity index (χ3v) is 4.77. The SMILES string of the molecule is Cc1c(Br)cccc1C(=O)N1CCN(CCBr)CC1. The first-order valence-corrected chi connectivity index (χ1v) is 8.37. The summed E-state index contributed by atoms with van der Waals surface area (Å²) >= 11 is 6.94. The van der Waals surface area contributed by atoms with E-state index in [0.29, 0.717) is 0 Å². The van der Waals surface area contributed by atoms with E-state index < -0.39 is 0 Å². The number of rotatable bonds is 3. The molecule has 0 atom stereocenters. The van der Waals surface area contributed by atoms with E-state index in [0.717, 1.165) is 53.7 Å². The average molecular weight is 390 g/mol. The Bertz CT molecular complexity index is 457. The molecule has 1 aromatic rings. The van der Waals surface area contributed by atoms with Crippen LogP contribution in [0.4, 0.5) is 0 Å². The Kier molecular flexibility index (Phi) is 5.42. The lowest BCUT2D eigenvalue weighted by Crippen LogP contribution is -2.49. The van der Waals surface area contributed by atoms with Crippen LogP contribution in [0.25, 0.3) is 0 Å². The van der Waals surface area contributed by atoms with Gasteiger partial charge in [-0.2, -0.15) is 0 Å². The zero-order chi connectivity index (χ0) is 13.8. The minimum absolute atomic E-state index is 0.150. The van der Waals surface area contributed by atoms with E-state index in [1.165, 1.54) is 0 Å². The van der Waals surface area contributed by atoms with Crippen LogP contribution in [-0.4, -0.2) is 53.8 Å². The van der Waals surface area contributed by atoms with Crippen molar-refractivity contribution in [3.63, 3.8) is 0 Å². The van der Waals surface area contributed by atoms with Crippen molar-refractivity contribution < 1.29 is 4.79 Å². The van der Waals surface area contributed by atoms with E-state index in [4.69, 9.17) is 0 Å². The normalized spacial score (nSPS) is 16.7. The van der Waals surface area contributed by atoms with E-state index in [1.54, 1.807) is 0 Å². The zero-order valence-corrected chi connectivity index (χ0v) is 14.2. The van der Waals surface area contributed by atoms with Crippen LogP contribution in [0.2, 0.25) is 0 Å². The molecule has 1 aliphatic rings. The Morgan fingerprint density at radius 2 is 1.95 bits per heavy atom. The van der Waals surface area contributed by atoms with Gasteiger partial charge in [0.15, 0.2) is 0 Å². The van der Waals surface area contributed by atoms with Crippen molar-refractivity contribution in [1.29, 1.82) is 0 Å². The molecule has 0 N–H and O–H groups in total. The van der Waals surface area contributed by atoms with Crippen LogP contribution in [0, 0.1) is 6.92 Å². The Labute approximate surface area is 131 Å². The number of piperazine rings is 1. The first kappa shape index (κ1) is 15.0. The second-order valence-electron chi connectivity index (χ2n) is 4.74. The number of carbonyl (C=O) groups excluding carboxylic acids is 1. The molecular weight excluding hydrogens is 372 g/mol. The van der Waals surface area contributed by atoms with Crippen LogP contribution >= 0.6 is 31.9 Å². The molecule has 0 spiro atoms. The van der Waals surface area contributed by atoms with Gasteiger partial charge in [-0.25, -0.2) is 0 Å². The first-order chi connectivity index (χ1) is 9.13. The largest absolute Gasteiger partial charge is 0.336 e. The van der Waals surface area contributed by atoms with Gasteiger partial charge in [0.05, 0.1) is 0 Å². The van der Waals surface area contributed by atoms with Gasteiger partial charge in [-0.1, -0.05) is 37.9 Å². The molecule has 1 aromatic carbocycles. The molecule has 0 radical (unpaired) electrons. The topological polar surface area (TPSA) is 23.6 Å². The molecule has 0 aliphatic carbocycles. The third kappa shape index (κ3) is 3.58. The molecule has 0 bridgehead atoms. The van der Waals surface area contributed by atoms with E-state index in [1.807, 2.05) is 30.0 Å². The van der Waals surface area contributed by atoms with Gasteiger partial charge < -0.3 is 4.90 Å². The highest BCUT2D eigenvalue weighted by Gasteiger charge is 2.23. The van der Waals surface area contributed by atoms with E-state index >= 15 is 0 Å². The summed E-state index contributed by atoms with van der Waals surface area (Å²) in [6.07, 6.45) is 0. The Morgan fingerprint density at radius 1 is 1.26 bits per heavy atom. The maximum atomic E-state index is 12.5. The van der Waals surface area contributed by atoms with Gasteiger partial charge in [0.2, 0.25) is 0 Å². The van der Waals surface area contributed by atoms with E-state index in [-0.39, 0.29) is 5.91 Å². The first-order valence-electron chi connectivity index (χ1n) is 6.46. The van der Waals surface area contributed by atoms with Crippen LogP contribution in [0.5, 0.6) is 0 Å². The van der Waals surface area contributed by atoms with Gasteiger partial charge >= 0.3 is 0 Å². The molecular formula is C14H18Br2N2O. The second-order valence-corrected chi connectivity index (χ2v) is 6.38. The van der Waals surface area contributed by atoms with Crippen molar-refractivity contribution in [2.24, 2.45) is 0 Å². The summed E-state index contributed by atoms with van der Waals surface area (Å²) in [6.45, 7) is 6.60. The lowest BCUT2D eigenvalue weighted by atomic mass is 10.1. The Balaban J connectivity index is 2.03. The van der Waals surface area contributed by atoms with Crippen molar-refractivity contribution >= 4 is 37.8 Å². The molecule has 1 fully saturated rings. The van der Waals surface area contributed by atoms with Gasteiger partial charge in [0, 0.05) is 48.1 Å². The highest BCUT2D eigenvalue weighted by molar-refractivity contribution is 9.10. The highest BCUT2D eigenvalue weighted by atomic mass is 79.9. The number of carbonyl (C=O) groups is 1. The van der Waals surface area contributed by atoms with Crippen molar-refractivity contribution in [2.45, 2.75) is 6.92 Å². The van der Waals surface area contributed by atoms with Crippen LogP contribution in [0.3, 0.4) is 0 Å². The van der Waals surface area contributed by atoms with E-state index in [9.17, 15) is 4.79 Å². The van der Waals surface area contributed by atoms with Gasteiger partial charge in [-0.3, -0.25) is 9.69 Å². The molecule has 19 heavy (non-hydrogen) atoms. The Hall–Kier alpha value is -0.390. The fourth-order valence-electron chi connectivity index (χ4n) is 2.30. The summed E-state index contributed by atoms with van der Waals surface area (Å²) in [5.74, 6) is 0.150. The molecule has 2 rings (SSSR count). The van der Waals surface area contributed by atoms with E-state index in [2.05, 4.69) is 36.8 Å².